The monoisotopic (exact) mass is 280 g/mol. The van der Waals surface area contributed by atoms with E-state index in [-0.39, 0.29) is 0 Å². The minimum Gasteiger partial charge on any atom is -0.342 e. The van der Waals surface area contributed by atoms with Crippen molar-refractivity contribution in [1.82, 2.24) is 0 Å². The number of hydrogen-bond acceptors (Lipinski definition) is 5. The Morgan fingerprint density at radius 2 is 1.32 bits per heavy atom. The molecule has 0 bridgehead atoms. The van der Waals surface area contributed by atoms with Crippen LogP contribution in [0.4, 0.5) is 8.78 Å². The first-order chi connectivity index (χ1) is 8.69. The summed E-state index contributed by atoms with van der Waals surface area (Å²) in [7, 11) is 0. The maximum absolute atomic E-state index is 13.1. The van der Waals surface area contributed by atoms with Crippen molar-refractivity contribution in [2.75, 3.05) is 0 Å². The van der Waals surface area contributed by atoms with Gasteiger partial charge < -0.3 is 23.7 Å². The van der Waals surface area contributed by atoms with E-state index in [1.165, 1.54) is 0 Å². The number of hydrogen-bond donors (Lipinski definition) is 0. The van der Waals surface area contributed by atoms with Gasteiger partial charge in [-0.3, -0.25) is 0 Å². The molecule has 0 radical (unpaired) electrons. The summed E-state index contributed by atoms with van der Waals surface area (Å²) in [5, 5.41) is 0. The maximum atomic E-state index is 13.1. The first-order valence-electron chi connectivity index (χ1n) is 6.33. The summed E-state index contributed by atoms with van der Waals surface area (Å²) in [5.41, 5.74) is 0. The van der Waals surface area contributed by atoms with Gasteiger partial charge in [-0.05, 0) is 27.7 Å². The lowest BCUT2D eigenvalue weighted by atomic mass is 9.99. The van der Waals surface area contributed by atoms with Crippen LogP contribution in [0, 0.1) is 0 Å². The molecule has 3 rings (SSSR count). The zero-order chi connectivity index (χ0) is 14.0. The molecule has 0 aromatic heterocycles. The standard InChI is InChI=1S/C12H18F2O5/c1-11(2)16-5-6(17-11)8-10(15-7(5)9(13)14)19-12(3,4)18-8/h5-10H,1-4H3/t5-,6+,7?,8-,10?/m0/s1. The number of fused-ring (bicyclic) bond motifs is 3. The van der Waals surface area contributed by atoms with E-state index >= 15 is 0 Å². The fraction of sp³-hybridized carbons (Fsp3) is 1.00. The minimum absolute atomic E-state index is 0.559. The molecular weight excluding hydrogens is 262 g/mol. The number of alkyl halides is 2. The van der Waals surface area contributed by atoms with Crippen LogP contribution in [-0.2, 0) is 23.7 Å². The minimum atomic E-state index is -2.67. The van der Waals surface area contributed by atoms with Gasteiger partial charge in [0.05, 0.1) is 0 Å². The van der Waals surface area contributed by atoms with Crippen LogP contribution in [0.15, 0.2) is 0 Å². The van der Waals surface area contributed by atoms with Crippen LogP contribution in [0.1, 0.15) is 27.7 Å². The molecule has 0 aromatic rings. The number of halogens is 2. The lowest BCUT2D eigenvalue weighted by molar-refractivity contribution is -0.257. The maximum Gasteiger partial charge on any atom is 0.267 e. The molecule has 2 unspecified atom stereocenters. The average molecular weight is 280 g/mol. The Kier molecular flexibility index (Phi) is 2.93. The molecule has 110 valence electrons. The lowest BCUT2D eigenvalue weighted by Crippen LogP contribution is -2.57. The summed E-state index contributed by atoms with van der Waals surface area (Å²) < 4.78 is 53.9. The van der Waals surface area contributed by atoms with Crippen molar-refractivity contribution in [2.24, 2.45) is 0 Å². The summed E-state index contributed by atoms with van der Waals surface area (Å²) in [4.78, 5) is 0. The Balaban J connectivity index is 1.89. The number of ether oxygens (including phenoxy) is 5. The summed E-state index contributed by atoms with van der Waals surface area (Å²) in [6, 6.07) is 0. The predicted molar refractivity (Wildman–Crippen MR) is 58.5 cm³/mol. The second-order valence-corrected chi connectivity index (χ2v) is 5.97. The molecule has 5 atom stereocenters. The van der Waals surface area contributed by atoms with Crippen molar-refractivity contribution < 1.29 is 32.5 Å². The van der Waals surface area contributed by atoms with E-state index in [0.29, 0.717) is 0 Å². The molecule has 19 heavy (non-hydrogen) atoms. The van der Waals surface area contributed by atoms with E-state index < -0.39 is 48.7 Å². The van der Waals surface area contributed by atoms with E-state index in [9.17, 15) is 8.78 Å². The highest BCUT2D eigenvalue weighted by Gasteiger charge is 2.62. The van der Waals surface area contributed by atoms with Crippen LogP contribution in [-0.4, -0.2) is 48.7 Å². The molecule has 7 heteroatoms. The molecule has 0 spiro atoms. The first kappa shape index (κ1) is 13.6. The van der Waals surface area contributed by atoms with E-state index in [0.717, 1.165) is 0 Å². The molecule has 5 nitrogen and oxygen atoms in total. The molecule has 0 aromatic carbocycles. The molecule has 3 heterocycles. The topological polar surface area (TPSA) is 46.2 Å². The molecule has 3 saturated heterocycles. The quantitative estimate of drug-likeness (QED) is 0.731. The van der Waals surface area contributed by atoms with E-state index in [1.54, 1.807) is 27.7 Å². The second kappa shape index (κ2) is 4.08. The van der Waals surface area contributed by atoms with Gasteiger partial charge in [0.2, 0.25) is 0 Å². The molecule has 0 amide bonds. The van der Waals surface area contributed by atoms with Gasteiger partial charge in [0.25, 0.3) is 6.43 Å². The van der Waals surface area contributed by atoms with Crippen LogP contribution in [0.2, 0.25) is 0 Å². The average Bonchev–Trinajstić information content (AvgIpc) is 2.70. The van der Waals surface area contributed by atoms with E-state index in [4.69, 9.17) is 23.7 Å². The normalized spacial score (nSPS) is 47.2. The third-order valence-electron chi connectivity index (χ3n) is 3.44. The molecule has 3 fully saturated rings. The van der Waals surface area contributed by atoms with Crippen LogP contribution in [0.25, 0.3) is 0 Å². The zero-order valence-electron chi connectivity index (χ0n) is 11.3. The lowest BCUT2D eigenvalue weighted by Gasteiger charge is -2.36. The Morgan fingerprint density at radius 3 is 1.95 bits per heavy atom. The van der Waals surface area contributed by atoms with Crippen molar-refractivity contribution in [3.05, 3.63) is 0 Å². The Labute approximate surface area is 110 Å². The van der Waals surface area contributed by atoms with Crippen LogP contribution < -0.4 is 0 Å². The van der Waals surface area contributed by atoms with Crippen molar-refractivity contribution in [3.8, 4) is 0 Å². The predicted octanol–water partition coefficient (Wildman–Crippen LogP) is 1.65. The number of rotatable bonds is 1. The summed E-state index contributed by atoms with van der Waals surface area (Å²) in [6.07, 6.45) is -6.92. The van der Waals surface area contributed by atoms with Crippen molar-refractivity contribution in [1.29, 1.82) is 0 Å². The highest BCUT2D eigenvalue weighted by molar-refractivity contribution is 5.00. The molecule has 0 N–H and O–H groups in total. The fourth-order valence-electron chi connectivity index (χ4n) is 2.85. The Morgan fingerprint density at radius 1 is 0.789 bits per heavy atom. The molecule has 0 aliphatic carbocycles. The third-order valence-corrected chi connectivity index (χ3v) is 3.44. The largest absolute Gasteiger partial charge is 0.342 e. The van der Waals surface area contributed by atoms with Crippen LogP contribution in [0.3, 0.4) is 0 Å². The molecule has 3 aliphatic rings. The Hall–Kier alpha value is -0.340. The molecule has 3 aliphatic heterocycles. The Bertz CT molecular complexity index is 373. The zero-order valence-corrected chi connectivity index (χ0v) is 11.3. The SMILES string of the molecule is CC1(C)OC2OC(C(F)F)[C@H]3OC(C)(C)O[C@H]3[C@@H]2O1. The highest BCUT2D eigenvalue weighted by atomic mass is 19.3. The summed E-state index contributed by atoms with van der Waals surface area (Å²) >= 11 is 0. The van der Waals surface area contributed by atoms with Crippen molar-refractivity contribution in [2.45, 2.75) is 76.4 Å². The van der Waals surface area contributed by atoms with Gasteiger partial charge in [-0.25, -0.2) is 8.78 Å². The van der Waals surface area contributed by atoms with Gasteiger partial charge in [-0.1, -0.05) is 0 Å². The summed E-state index contributed by atoms with van der Waals surface area (Å²) in [5.74, 6) is -1.82. The van der Waals surface area contributed by atoms with Crippen LogP contribution in [0.5, 0.6) is 0 Å². The van der Waals surface area contributed by atoms with Gasteiger partial charge in [0, 0.05) is 0 Å². The smallest absolute Gasteiger partial charge is 0.267 e. The fourth-order valence-corrected chi connectivity index (χ4v) is 2.85. The molecular formula is C12H18F2O5. The van der Waals surface area contributed by atoms with Crippen LogP contribution >= 0.6 is 0 Å². The van der Waals surface area contributed by atoms with E-state index in [2.05, 4.69) is 0 Å². The third kappa shape index (κ3) is 2.27. The van der Waals surface area contributed by atoms with Gasteiger partial charge >= 0.3 is 0 Å². The van der Waals surface area contributed by atoms with Gasteiger partial charge in [-0.15, -0.1) is 0 Å². The van der Waals surface area contributed by atoms with E-state index in [1.807, 2.05) is 0 Å². The van der Waals surface area contributed by atoms with Gasteiger partial charge in [0.1, 0.15) is 18.3 Å². The molecule has 0 saturated carbocycles. The highest BCUT2D eigenvalue weighted by Crippen LogP contribution is 2.45. The summed E-state index contributed by atoms with van der Waals surface area (Å²) in [6.45, 7) is 6.79. The second-order valence-electron chi connectivity index (χ2n) is 5.97. The van der Waals surface area contributed by atoms with Crippen molar-refractivity contribution >= 4 is 0 Å². The van der Waals surface area contributed by atoms with Gasteiger partial charge in [0.15, 0.2) is 24.0 Å². The van der Waals surface area contributed by atoms with Crippen molar-refractivity contribution in [3.63, 3.8) is 0 Å². The van der Waals surface area contributed by atoms with Gasteiger partial charge in [-0.2, -0.15) is 0 Å². The first-order valence-corrected chi connectivity index (χ1v) is 6.33.